The van der Waals surface area contributed by atoms with E-state index >= 15 is 0 Å². The van der Waals surface area contributed by atoms with Gasteiger partial charge in [0.05, 0.1) is 12.7 Å². The number of piperidine rings is 1. The summed E-state index contributed by atoms with van der Waals surface area (Å²) in [7, 11) is 2.21. The van der Waals surface area contributed by atoms with Crippen LogP contribution in [-0.2, 0) is 13.0 Å². The molecule has 1 amide bonds. The molecule has 7 nitrogen and oxygen atoms in total. The first-order valence-corrected chi connectivity index (χ1v) is 12.6. The van der Waals surface area contributed by atoms with E-state index in [1.807, 2.05) is 27.5 Å². The van der Waals surface area contributed by atoms with Gasteiger partial charge in [-0.15, -0.1) is 5.10 Å². The SMILES string of the molecule is CN(CCn1cc(C(=O)N2CCSCC2)nn1)C1CCN(CCc2ccccc2)CC1. The van der Waals surface area contributed by atoms with E-state index in [0.29, 0.717) is 11.7 Å². The van der Waals surface area contributed by atoms with Gasteiger partial charge >= 0.3 is 0 Å². The fourth-order valence-corrected chi connectivity index (χ4v) is 5.30. The van der Waals surface area contributed by atoms with E-state index in [4.69, 9.17) is 0 Å². The van der Waals surface area contributed by atoms with Crippen molar-refractivity contribution in [2.45, 2.75) is 31.8 Å². The number of rotatable bonds is 8. The second-order valence-corrected chi connectivity index (χ2v) is 9.79. The molecule has 0 spiro atoms. The highest BCUT2D eigenvalue weighted by Gasteiger charge is 2.23. The number of amides is 1. The van der Waals surface area contributed by atoms with Crippen LogP contribution < -0.4 is 0 Å². The summed E-state index contributed by atoms with van der Waals surface area (Å²) < 4.78 is 1.82. The Kier molecular flexibility index (Phi) is 7.99. The largest absolute Gasteiger partial charge is 0.336 e. The number of likely N-dealkylation sites (tertiary alicyclic amines) is 1. The number of thioether (sulfide) groups is 1. The first-order valence-electron chi connectivity index (χ1n) is 11.4. The van der Waals surface area contributed by atoms with Gasteiger partial charge in [0.2, 0.25) is 0 Å². The minimum Gasteiger partial charge on any atom is -0.336 e. The lowest BCUT2D eigenvalue weighted by atomic mass is 10.0. The zero-order valence-electron chi connectivity index (χ0n) is 18.5. The maximum absolute atomic E-state index is 12.6. The minimum absolute atomic E-state index is 0.0165. The molecule has 2 fully saturated rings. The highest BCUT2D eigenvalue weighted by molar-refractivity contribution is 7.99. The van der Waals surface area contributed by atoms with E-state index in [1.165, 1.54) is 18.4 Å². The standard InChI is InChI=1S/C23H34N6OS/c1-26(21-8-11-27(12-9-21)10-7-20-5-3-2-4-6-20)13-14-29-19-22(24-25-29)23(30)28-15-17-31-18-16-28/h2-6,19,21H,7-18H2,1H3. The van der Waals surface area contributed by atoms with Crippen LogP contribution in [0.3, 0.4) is 0 Å². The van der Waals surface area contributed by atoms with Gasteiger partial charge in [0.15, 0.2) is 5.69 Å². The van der Waals surface area contributed by atoms with E-state index in [9.17, 15) is 4.79 Å². The van der Waals surface area contributed by atoms with Crippen molar-refractivity contribution >= 4 is 17.7 Å². The van der Waals surface area contributed by atoms with Gasteiger partial charge in [0.1, 0.15) is 0 Å². The minimum atomic E-state index is 0.0165. The molecule has 8 heteroatoms. The van der Waals surface area contributed by atoms with E-state index in [1.54, 1.807) is 0 Å². The normalized spacial score (nSPS) is 18.6. The number of carbonyl (C=O) groups excluding carboxylic acids is 1. The number of hydrogen-bond acceptors (Lipinski definition) is 6. The van der Waals surface area contributed by atoms with Crippen LogP contribution in [0.4, 0.5) is 0 Å². The van der Waals surface area contributed by atoms with Gasteiger partial charge in [-0.3, -0.25) is 9.48 Å². The maximum atomic E-state index is 12.6. The molecule has 0 atom stereocenters. The summed E-state index contributed by atoms with van der Waals surface area (Å²) in [6.07, 6.45) is 5.35. The van der Waals surface area contributed by atoms with Crippen molar-refractivity contribution in [3.05, 3.63) is 47.8 Å². The Balaban J connectivity index is 1.17. The third-order valence-electron chi connectivity index (χ3n) is 6.48. The molecule has 0 aliphatic carbocycles. The molecular weight excluding hydrogens is 408 g/mol. The maximum Gasteiger partial charge on any atom is 0.276 e. The van der Waals surface area contributed by atoms with Crippen LogP contribution in [0.1, 0.15) is 28.9 Å². The van der Waals surface area contributed by atoms with Crippen LogP contribution in [0.2, 0.25) is 0 Å². The molecule has 0 radical (unpaired) electrons. The molecule has 1 aromatic heterocycles. The third kappa shape index (κ3) is 6.30. The van der Waals surface area contributed by atoms with Crippen molar-refractivity contribution in [1.29, 1.82) is 0 Å². The number of likely N-dealkylation sites (N-methyl/N-ethyl adjacent to an activating group) is 1. The Bertz CT molecular complexity index is 814. The molecule has 0 N–H and O–H groups in total. The van der Waals surface area contributed by atoms with Crippen molar-refractivity contribution < 1.29 is 4.79 Å². The Morgan fingerprint density at radius 2 is 1.84 bits per heavy atom. The average Bonchev–Trinajstić information content (AvgIpc) is 3.31. The number of hydrogen-bond donors (Lipinski definition) is 0. The van der Waals surface area contributed by atoms with Crippen molar-refractivity contribution in [1.82, 2.24) is 29.7 Å². The summed E-state index contributed by atoms with van der Waals surface area (Å²) in [6.45, 7) is 6.78. The molecule has 2 saturated heterocycles. The average molecular weight is 443 g/mol. The molecule has 2 aliphatic heterocycles. The molecule has 168 valence electrons. The fourth-order valence-electron chi connectivity index (χ4n) is 4.39. The quantitative estimate of drug-likeness (QED) is 0.624. The van der Waals surface area contributed by atoms with Gasteiger partial charge in [-0.05, 0) is 45.0 Å². The fraction of sp³-hybridized carbons (Fsp3) is 0.609. The monoisotopic (exact) mass is 442 g/mol. The molecule has 2 aromatic rings. The van der Waals surface area contributed by atoms with E-state index in [-0.39, 0.29) is 5.91 Å². The number of carbonyl (C=O) groups is 1. The highest BCUT2D eigenvalue weighted by Crippen LogP contribution is 2.16. The lowest BCUT2D eigenvalue weighted by molar-refractivity contribution is 0.0766. The Morgan fingerprint density at radius 3 is 2.58 bits per heavy atom. The summed E-state index contributed by atoms with van der Waals surface area (Å²) >= 11 is 1.90. The number of aromatic nitrogens is 3. The molecule has 0 saturated carbocycles. The Hall–Kier alpha value is -1.90. The van der Waals surface area contributed by atoms with Crippen molar-refractivity contribution in [3.8, 4) is 0 Å². The third-order valence-corrected chi connectivity index (χ3v) is 7.42. The first-order chi connectivity index (χ1) is 15.2. The molecule has 2 aliphatic rings. The van der Waals surface area contributed by atoms with Gasteiger partial charge in [0.25, 0.3) is 5.91 Å². The van der Waals surface area contributed by atoms with Crippen LogP contribution >= 0.6 is 11.8 Å². The van der Waals surface area contributed by atoms with E-state index < -0.39 is 0 Å². The summed E-state index contributed by atoms with van der Waals surface area (Å²) in [5, 5.41) is 8.32. The molecule has 31 heavy (non-hydrogen) atoms. The van der Waals surface area contributed by atoms with Crippen LogP contribution in [0.5, 0.6) is 0 Å². The zero-order valence-corrected chi connectivity index (χ0v) is 19.3. The van der Waals surface area contributed by atoms with Gasteiger partial charge in [-0.25, -0.2) is 0 Å². The number of nitrogens with zero attached hydrogens (tertiary/aromatic N) is 6. The first kappa shape index (κ1) is 22.3. The van der Waals surface area contributed by atoms with E-state index in [2.05, 4.69) is 57.5 Å². The van der Waals surface area contributed by atoms with Crippen molar-refractivity contribution in [2.24, 2.45) is 0 Å². The Morgan fingerprint density at radius 1 is 1.10 bits per heavy atom. The van der Waals surface area contributed by atoms with Crippen LogP contribution in [0, 0.1) is 0 Å². The van der Waals surface area contributed by atoms with Crippen molar-refractivity contribution in [3.63, 3.8) is 0 Å². The topological polar surface area (TPSA) is 57.5 Å². The molecule has 0 bridgehead atoms. The van der Waals surface area contributed by atoms with Gasteiger partial charge < -0.3 is 14.7 Å². The number of benzene rings is 1. The van der Waals surface area contributed by atoms with Gasteiger partial charge in [-0.2, -0.15) is 11.8 Å². The van der Waals surface area contributed by atoms with Gasteiger partial charge in [0, 0.05) is 43.7 Å². The molecule has 3 heterocycles. The summed E-state index contributed by atoms with van der Waals surface area (Å²) in [4.78, 5) is 19.5. The molecule has 1 aromatic carbocycles. The second-order valence-electron chi connectivity index (χ2n) is 8.56. The molecular formula is C23H34N6OS. The predicted octanol–water partition coefficient (Wildman–Crippen LogP) is 2.11. The lowest BCUT2D eigenvalue weighted by Gasteiger charge is -2.36. The smallest absolute Gasteiger partial charge is 0.276 e. The summed E-state index contributed by atoms with van der Waals surface area (Å²) in [5.74, 6) is 2.04. The predicted molar refractivity (Wildman–Crippen MR) is 125 cm³/mol. The van der Waals surface area contributed by atoms with Crippen LogP contribution in [0.25, 0.3) is 0 Å². The zero-order chi connectivity index (χ0) is 21.5. The summed E-state index contributed by atoms with van der Waals surface area (Å²) in [5.41, 5.74) is 1.90. The van der Waals surface area contributed by atoms with Crippen molar-refractivity contribution in [2.75, 3.05) is 57.8 Å². The van der Waals surface area contributed by atoms with Crippen LogP contribution in [0.15, 0.2) is 36.5 Å². The summed E-state index contributed by atoms with van der Waals surface area (Å²) in [6, 6.07) is 11.4. The molecule has 0 unspecified atom stereocenters. The van der Waals surface area contributed by atoms with Crippen LogP contribution in [-0.4, -0.2) is 99.5 Å². The highest BCUT2D eigenvalue weighted by atomic mass is 32.2. The van der Waals surface area contributed by atoms with E-state index in [0.717, 1.165) is 63.7 Å². The second kappa shape index (κ2) is 11.1. The molecule has 4 rings (SSSR count). The van der Waals surface area contributed by atoms with Gasteiger partial charge in [-0.1, -0.05) is 35.5 Å². The Labute approximate surface area is 189 Å². The lowest BCUT2D eigenvalue weighted by Crippen LogP contribution is -2.44.